The molecule has 1 aliphatic heterocycles. The smallest absolute Gasteiger partial charge is 0.0813 e. The summed E-state index contributed by atoms with van der Waals surface area (Å²) >= 11 is 1.85. The van der Waals surface area contributed by atoms with Crippen LogP contribution in [0.2, 0.25) is 0 Å². The molecule has 0 spiro atoms. The third-order valence-corrected chi connectivity index (χ3v) is 3.71. The molecule has 2 heteroatoms. The van der Waals surface area contributed by atoms with E-state index in [-0.39, 0.29) is 0 Å². The number of thiophene rings is 1. The van der Waals surface area contributed by atoms with Crippen molar-refractivity contribution in [3.05, 3.63) is 35.2 Å². The molecule has 0 bridgehead atoms. The number of ether oxygens (including phenoxy) is 1. The maximum absolute atomic E-state index is 5.22. The molecule has 1 aromatic heterocycles. The molecule has 0 N–H and O–H groups in total. The Morgan fingerprint density at radius 2 is 2.21 bits per heavy atom. The van der Waals surface area contributed by atoms with Gasteiger partial charge in [0, 0.05) is 4.70 Å². The molecule has 1 unspecified atom stereocenters. The topological polar surface area (TPSA) is 12.5 Å². The predicted octanol–water partition coefficient (Wildman–Crippen LogP) is 3.23. The molecule has 2 heterocycles. The molecule has 1 atom stereocenters. The highest BCUT2D eigenvalue weighted by atomic mass is 32.1. The summed E-state index contributed by atoms with van der Waals surface area (Å²) in [5, 5.41) is 3.71. The second-order valence-corrected chi connectivity index (χ2v) is 4.66. The maximum atomic E-state index is 5.22. The molecular weight excluding hydrogens is 192 g/mol. The molecule has 0 radical (unpaired) electrons. The molecule has 1 nitrogen and oxygen atoms in total. The molecule has 0 aliphatic carbocycles. The van der Waals surface area contributed by atoms with E-state index in [0.717, 1.165) is 13.0 Å². The van der Waals surface area contributed by atoms with Gasteiger partial charge < -0.3 is 4.74 Å². The third-order valence-electron chi connectivity index (χ3n) is 2.70. The van der Waals surface area contributed by atoms with Crippen molar-refractivity contribution in [2.45, 2.75) is 18.9 Å². The van der Waals surface area contributed by atoms with Gasteiger partial charge in [-0.05, 0) is 35.2 Å². The standard InChI is InChI=1S/C12H12OS/c1-2-4-12-11(3-1)9(8-14-12)5-6-10-7-13-10/h1-4,8,10H,5-7H2. The van der Waals surface area contributed by atoms with E-state index in [9.17, 15) is 0 Å². The van der Waals surface area contributed by atoms with E-state index in [2.05, 4.69) is 29.6 Å². The van der Waals surface area contributed by atoms with E-state index in [1.165, 1.54) is 22.1 Å². The van der Waals surface area contributed by atoms with Crippen molar-refractivity contribution in [1.82, 2.24) is 0 Å². The average Bonchev–Trinajstić information content (AvgIpc) is 2.96. The molecule has 14 heavy (non-hydrogen) atoms. The van der Waals surface area contributed by atoms with Gasteiger partial charge in [0.15, 0.2) is 0 Å². The van der Waals surface area contributed by atoms with Crippen LogP contribution in [0.1, 0.15) is 12.0 Å². The summed E-state index contributed by atoms with van der Waals surface area (Å²) in [5.74, 6) is 0. The van der Waals surface area contributed by atoms with E-state index in [0.29, 0.717) is 6.10 Å². The molecule has 2 aromatic rings. The molecule has 72 valence electrons. The Morgan fingerprint density at radius 1 is 1.36 bits per heavy atom. The summed E-state index contributed by atoms with van der Waals surface area (Å²) in [6, 6.07) is 8.63. The molecule has 0 amide bonds. The fraction of sp³-hybridized carbons (Fsp3) is 0.333. The predicted molar refractivity (Wildman–Crippen MR) is 59.9 cm³/mol. The van der Waals surface area contributed by atoms with Gasteiger partial charge in [0.1, 0.15) is 0 Å². The van der Waals surface area contributed by atoms with Crippen molar-refractivity contribution < 1.29 is 4.74 Å². The van der Waals surface area contributed by atoms with E-state index >= 15 is 0 Å². The number of aryl methyl sites for hydroxylation is 1. The summed E-state index contributed by atoms with van der Waals surface area (Å²) in [4.78, 5) is 0. The highest BCUT2D eigenvalue weighted by Gasteiger charge is 2.22. The van der Waals surface area contributed by atoms with Gasteiger partial charge in [-0.15, -0.1) is 11.3 Å². The van der Waals surface area contributed by atoms with Crippen LogP contribution in [0.25, 0.3) is 10.1 Å². The van der Waals surface area contributed by atoms with Gasteiger partial charge in [-0.25, -0.2) is 0 Å². The monoisotopic (exact) mass is 204 g/mol. The molecule has 1 aliphatic rings. The number of epoxide rings is 1. The van der Waals surface area contributed by atoms with Crippen LogP contribution >= 0.6 is 11.3 Å². The zero-order valence-electron chi connectivity index (χ0n) is 7.90. The van der Waals surface area contributed by atoms with Gasteiger partial charge in [-0.1, -0.05) is 18.2 Å². The number of fused-ring (bicyclic) bond motifs is 1. The Balaban J connectivity index is 1.87. The lowest BCUT2D eigenvalue weighted by Crippen LogP contribution is -1.89. The SMILES string of the molecule is c1ccc2c(CCC3CO3)csc2c1. The van der Waals surface area contributed by atoms with E-state index in [1.807, 2.05) is 11.3 Å². The Hall–Kier alpha value is -0.860. The zero-order chi connectivity index (χ0) is 9.38. The number of benzene rings is 1. The summed E-state index contributed by atoms with van der Waals surface area (Å²) in [7, 11) is 0. The Kier molecular flexibility index (Phi) is 2.03. The largest absolute Gasteiger partial charge is 0.373 e. The highest BCUT2D eigenvalue weighted by Crippen LogP contribution is 2.28. The van der Waals surface area contributed by atoms with Crippen LogP contribution in [0, 0.1) is 0 Å². The van der Waals surface area contributed by atoms with Crippen LogP contribution < -0.4 is 0 Å². The van der Waals surface area contributed by atoms with Gasteiger partial charge in [0.2, 0.25) is 0 Å². The van der Waals surface area contributed by atoms with Crippen molar-refractivity contribution in [2.75, 3.05) is 6.61 Å². The van der Waals surface area contributed by atoms with Crippen molar-refractivity contribution in [1.29, 1.82) is 0 Å². The Labute approximate surface area is 87.3 Å². The van der Waals surface area contributed by atoms with Gasteiger partial charge in [0.05, 0.1) is 12.7 Å². The van der Waals surface area contributed by atoms with Crippen LogP contribution in [-0.2, 0) is 11.2 Å². The summed E-state index contributed by atoms with van der Waals surface area (Å²) in [5.41, 5.74) is 1.49. The van der Waals surface area contributed by atoms with E-state index in [4.69, 9.17) is 4.74 Å². The van der Waals surface area contributed by atoms with Crippen molar-refractivity contribution >= 4 is 21.4 Å². The van der Waals surface area contributed by atoms with Crippen LogP contribution in [0.3, 0.4) is 0 Å². The fourth-order valence-electron chi connectivity index (χ4n) is 1.78. The molecule has 0 saturated carbocycles. The normalized spacial score (nSPS) is 20.1. The molecule has 1 fully saturated rings. The summed E-state index contributed by atoms with van der Waals surface area (Å²) in [6.45, 7) is 0.974. The first-order chi connectivity index (χ1) is 6.93. The first kappa shape index (κ1) is 8.45. The van der Waals surface area contributed by atoms with Crippen LogP contribution in [0.15, 0.2) is 29.6 Å². The minimum absolute atomic E-state index is 0.550. The van der Waals surface area contributed by atoms with Crippen molar-refractivity contribution in [3.63, 3.8) is 0 Å². The van der Waals surface area contributed by atoms with Gasteiger partial charge in [-0.3, -0.25) is 0 Å². The number of rotatable bonds is 3. The molecule has 1 saturated heterocycles. The summed E-state index contributed by atoms with van der Waals surface area (Å²) in [6.07, 6.45) is 2.89. The minimum atomic E-state index is 0.550. The van der Waals surface area contributed by atoms with Gasteiger partial charge >= 0.3 is 0 Å². The second-order valence-electron chi connectivity index (χ2n) is 3.75. The second kappa shape index (κ2) is 3.37. The van der Waals surface area contributed by atoms with Crippen LogP contribution in [-0.4, -0.2) is 12.7 Å². The highest BCUT2D eigenvalue weighted by molar-refractivity contribution is 7.17. The van der Waals surface area contributed by atoms with Crippen LogP contribution in [0.5, 0.6) is 0 Å². The Bertz CT molecular complexity index is 442. The first-order valence-electron chi connectivity index (χ1n) is 5.00. The van der Waals surface area contributed by atoms with Gasteiger partial charge in [0.25, 0.3) is 0 Å². The number of hydrogen-bond donors (Lipinski definition) is 0. The average molecular weight is 204 g/mol. The first-order valence-corrected chi connectivity index (χ1v) is 5.88. The lowest BCUT2D eigenvalue weighted by molar-refractivity contribution is 0.397. The molecular formula is C12H12OS. The quantitative estimate of drug-likeness (QED) is 0.699. The van der Waals surface area contributed by atoms with E-state index < -0.39 is 0 Å². The lowest BCUT2D eigenvalue weighted by atomic mass is 10.1. The number of hydrogen-bond acceptors (Lipinski definition) is 2. The minimum Gasteiger partial charge on any atom is -0.373 e. The van der Waals surface area contributed by atoms with Gasteiger partial charge in [-0.2, -0.15) is 0 Å². The van der Waals surface area contributed by atoms with Crippen molar-refractivity contribution in [2.24, 2.45) is 0 Å². The lowest BCUT2D eigenvalue weighted by Gasteiger charge is -1.96. The van der Waals surface area contributed by atoms with E-state index in [1.54, 1.807) is 0 Å². The molecule has 3 rings (SSSR count). The molecule has 1 aromatic carbocycles. The third kappa shape index (κ3) is 1.56. The Morgan fingerprint density at radius 3 is 3.07 bits per heavy atom. The van der Waals surface area contributed by atoms with Crippen molar-refractivity contribution in [3.8, 4) is 0 Å². The zero-order valence-corrected chi connectivity index (χ0v) is 8.72. The summed E-state index contributed by atoms with van der Waals surface area (Å²) < 4.78 is 6.62. The fourth-order valence-corrected chi connectivity index (χ4v) is 2.77. The maximum Gasteiger partial charge on any atom is 0.0813 e. The van der Waals surface area contributed by atoms with Crippen LogP contribution in [0.4, 0.5) is 0 Å².